The predicted octanol–water partition coefficient (Wildman–Crippen LogP) is 6.50. The topological polar surface area (TPSA) is 79.2 Å². The van der Waals surface area contributed by atoms with E-state index in [-0.39, 0.29) is 27.9 Å². The number of rotatable bonds is 9. The van der Waals surface area contributed by atoms with Gasteiger partial charge in [0.25, 0.3) is 0 Å². The van der Waals surface area contributed by atoms with E-state index in [2.05, 4.69) is 29.0 Å². The van der Waals surface area contributed by atoms with Crippen molar-refractivity contribution >= 4 is 21.6 Å². The van der Waals surface area contributed by atoms with Gasteiger partial charge in [0.15, 0.2) is 0 Å². The summed E-state index contributed by atoms with van der Waals surface area (Å²) in [7, 11) is -3.71. The van der Waals surface area contributed by atoms with Crippen LogP contribution in [0.1, 0.15) is 29.0 Å². The summed E-state index contributed by atoms with van der Waals surface area (Å²) >= 11 is 6.04. The number of halogens is 1. The minimum atomic E-state index is -3.71. The molecule has 1 N–H and O–H groups in total. The standard InChI is InChI=1S/C28H23ClN2O3S/c29-27-12-7-13-28(26(27)20-30)34-23-14-16-24(17-15-23)35(32,33)31-19-18-25(21-8-3-1-4-9-21)22-10-5-2-6-11-22/h1-17,25,31H,18-19H2. The summed E-state index contributed by atoms with van der Waals surface area (Å²) < 4.78 is 34.2. The Bertz CT molecular complexity index is 1380. The van der Waals surface area contributed by atoms with Gasteiger partial charge >= 0.3 is 0 Å². The van der Waals surface area contributed by atoms with Crippen LogP contribution in [-0.2, 0) is 10.0 Å². The van der Waals surface area contributed by atoms with E-state index in [1.807, 2.05) is 42.5 Å². The highest BCUT2D eigenvalue weighted by Crippen LogP contribution is 2.30. The van der Waals surface area contributed by atoms with Crippen LogP contribution in [0, 0.1) is 11.3 Å². The Morgan fingerprint density at radius 2 is 1.43 bits per heavy atom. The Balaban J connectivity index is 1.44. The second-order valence-electron chi connectivity index (χ2n) is 7.86. The average Bonchev–Trinajstić information content (AvgIpc) is 2.88. The van der Waals surface area contributed by atoms with E-state index in [9.17, 15) is 13.7 Å². The second kappa shape index (κ2) is 11.2. The lowest BCUT2D eigenvalue weighted by atomic mass is 9.89. The molecule has 0 aliphatic rings. The lowest BCUT2D eigenvalue weighted by molar-refractivity contribution is 0.480. The molecule has 0 aromatic heterocycles. The molecule has 4 aromatic rings. The van der Waals surface area contributed by atoms with E-state index in [1.165, 1.54) is 12.1 Å². The zero-order valence-corrected chi connectivity index (χ0v) is 20.3. The molecule has 4 rings (SSSR count). The minimum absolute atomic E-state index is 0.0721. The zero-order valence-electron chi connectivity index (χ0n) is 18.8. The highest BCUT2D eigenvalue weighted by molar-refractivity contribution is 7.89. The molecule has 0 heterocycles. The van der Waals surface area contributed by atoms with Crippen molar-refractivity contribution in [3.05, 3.63) is 125 Å². The van der Waals surface area contributed by atoms with Gasteiger partial charge in [0, 0.05) is 12.5 Å². The molecule has 0 radical (unpaired) electrons. The number of nitriles is 1. The van der Waals surface area contributed by atoms with Crippen LogP contribution >= 0.6 is 11.6 Å². The molecule has 35 heavy (non-hydrogen) atoms. The molecule has 0 fully saturated rings. The SMILES string of the molecule is N#Cc1c(Cl)cccc1Oc1ccc(S(=O)(=O)NCCC(c2ccccc2)c2ccccc2)cc1. The molecule has 0 aliphatic heterocycles. The summed E-state index contributed by atoms with van der Waals surface area (Å²) in [5.74, 6) is 0.778. The third kappa shape index (κ3) is 6.09. The highest BCUT2D eigenvalue weighted by atomic mass is 35.5. The maximum absolute atomic E-state index is 12.9. The van der Waals surface area contributed by atoms with Crippen molar-refractivity contribution in [2.24, 2.45) is 0 Å². The van der Waals surface area contributed by atoms with Crippen LogP contribution in [0.4, 0.5) is 0 Å². The summed E-state index contributed by atoms with van der Waals surface area (Å²) in [4.78, 5) is 0.132. The Labute approximate surface area is 210 Å². The van der Waals surface area contributed by atoms with E-state index in [4.69, 9.17) is 16.3 Å². The molecule has 0 atom stereocenters. The van der Waals surface area contributed by atoms with Crippen LogP contribution in [0.2, 0.25) is 5.02 Å². The molecule has 4 aromatic carbocycles. The number of nitrogens with zero attached hydrogens (tertiary/aromatic N) is 1. The molecule has 0 bridgehead atoms. The van der Waals surface area contributed by atoms with Crippen molar-refractivity contribution in [2.45, 2.75) is 17.2 Å². The first-order valence-electron chi connectivity index (χ1n) is 11.0. The number of benzene rings is 4. The van der Waals surface area contributed by atoms with E-state index in [0.29, 0.717) is 17.9 Å². The Morgan fingerprint density at radius 3 is 2.00 bits per heavy atom. The minimum Gasteiger partial charge on any atom is -0.456 e. The van der Waals surface area contributed by atoms with Crippen molar-refractivity contribution in [2.75, 3.05) is 6.54 Å². The van der Waals surface area contributed by atoms with Gasteiger partial charge in [0.05, 0.1) is 9.92 Å². The van der Waals surface area contributed by atoms with Crippen molar-refractivity contribution < 1.29 is 13.2 Å². The molecule has 7 heteroatoms. The summed E-state index contributed by atoms with van der Waals surface area (Å²) in [5.41, 5.74) is 2.49. The van der Waals surface area contributed by atoms with Gasteiger partial charge in [0.1, 0.15) is 23.1 Å². The smallest absolute Gasteiger partial charge is 0.240 e. The Hall–Kier alpha value is -3.63. The number of sulfonamides is 1. The van der Waals surface area contributed by atoms with Crippen LogP contribution in [0.15, 0.2) is 108 Å². The summed E-state index contributed by atoms with van der Waals surface area (Å²) in [6, 6.07) is 33.1. The molecule has 0 saturated carbocycles. The summed E-state index contributed by atoms with van der Waals surface area (Å²) in [5, 5.41) is 9.58. The fourth-order valence-electron chi connectivity index (χ4n) is 3.83. The van der Waals surface area contributed by atoms with Crippen LogP contribution in [0.25, 0.3) is 0 Å². The first-order chi connectivity index (χ1) is 17.0. The molecule has 5 nitrogen and oxygen atoms in total. The monoisotopic (exact) mass is 502 g/mol. The van der Waals surface area contributed by atoms with Gasteiger partial charge in [-0.1, -0.05) is 78.3 Å². The third-order valence-electron chi connectivity index (χ3n) is 5.58. The zero-order chi connectivity index (χ0) is 24.7. The molecule has 176 valence electrons. The maximum atomic E-state index is 12.9. The van der Waals surface area contributed by atoms with Gasteiger partial charge in [-0.2, -0.15) is 5.26 Å². The van der Waals surface area contributed by atoms with Gasteiger partial charge < -0.3 is 4.74 Å². The first-order valence-corrected chi connectivity index (χ1v) is 12.9. The molecule has 0 saturated heterocycles. The lowest BCUT2D eigenvalue weighted by Crippen LogP contribution is -2.26. The van der Waals surface area contributed by atoms with Crippen molar-refractivity contribution in [3.8, 4) is 17.6 Å². The molecule has 0 spiro atoms. The van der Waals surface area contributed by atoms with Gasteiger partial charge in [-0.05, 0) is 53.9 Å². The van der Waals surface area contributed by atoms with Crippen molar-refractivity contribution in [1.82, 2.24) is 4.72 Å². The van der Waals surface area contributed by atoms with Crippen molar-refractivity contribution in [1.29, 1.82) is 5.26 Å². The Kier molecular flexibility index (Phi) is 7.84. The summed E-state index contributed by atoms with van der Waals surface area (Å²) in [6.45, 7) is 0.281. The largest absolute Gasteiger partial charge is 0.456 e. The molecular formula is C28H23ClN2O3S. The van der Waals surface area contributed by atoms with Gasteiger partial charge in [0.2, 0.25) is 10.0 Å². The second-order valence-corrected chi connectivity index (χ2v) is 10.0. The van der Waals surface area contributed by atoms with Crippen LogP contribution in [0.5, 0.6) is 11.5 Å². The molecule has 0 amide bonds. The molecule has 0 unspecified atom stereocenters. The fraction of sp³-hybridized carbons (Fsp3) is 0.107. The number of hydrogen-bond donors (Lipinski definition) is 1. The number of hydrogen-bond acceptors (Lipinski definition) is 4. The summed E-state index contributed by atoms with van der Waals surface area (Å²) in [6.07, 6.45) is 0.611. The van der Waals surface area contributed by atoms with E-state index < -0.39 is 10.0 Å². The highest BCUT2D eigenvalue weighted by Gasteiger charge is 2.18. The lowest BCUT2D eigenvalue weighted by Gasteiger charge is -2.18. The normalized spacial score (nSPS) is 11.2. The van der Waals surface area contributed by atoms with Crippen molar-refractivity contribution in [3.63, 3.8) is 0 Å². The van der Waals surface area contributed by atoms with E-state index in [1.54, 1.807) is 30.3 Å². The Morgan fingerprint density at radius 1 is 0.829 bits per heavy atom. The quantitative estimate of drug-likeness (QED) is 0.283. The average molecular weight is 503 g/mol. The van der Waals surface area contributed by atoms with E-state index in [0.717, 1.165) is 11.1 Å². The van der Waals surface area contributed by atoms with E-state index >= 15 is 0 Å². The van der Waals surface area contributed by atoms with Crippen LogP contribution in [-0.4, -0.2) is 15.0 Å². The van der Waals surface area contributed by atoms with Gasteiger partial charge in [-0.25, -0.2) is 13.1 Å². The maximum Gasteiger partial charge on any atom is 0.240 e. The molecular weight excluding hydrogens is 480 g/mol. The molecule has 0 aliphatic carbocycles. The first kappa shape index (κ1) is 24.5. The van der Waals surface area contributed by atoms with Gasteiger partial charge in [-0.15, -0.1) is 0 Å². The predicted molar refractivity (Wildman–Crippen MR) is 137 cm³/mol. The number of nitrogens with one attached hydrogen (secondary N) is 1. The fourth-order valence-corrected chi connectivity index (χ4v) is 5.08. The van der Waals surface area contributed by atoms with Crippen LogP contribution < -0.4 is 9.46 Å². The third-order valence-corrected chi connectivity index (χ3v) is 7.37. The van der Waals surface area contributed by atoms with Gasteiger partial charge in [-0.3, -0.25) is 0 Å². The van der Waals surface area contributed by atoms with Crippen LogP contribution in [0.3, 0.4) is 0 Å². The number of ether oxygens (including phenoxy) is 1.